The summed E-state index contributed by atoms with van der Waals surface area (Å²) in [5.41, 5.74) is 5.41. The van der Waals surface area contributed by atoms with E-state index in [9.17, 15) is 0 Å². The molecule has 0 radical (unpaired) electrons. The minimum absolute atomic E-state index is 0.675. The summed E-state index contributed by atoms with van der Waals surface area (Å²) in [4.78, 5) is 14.8. The first-order valence-corrected chi connectivity index (χ1v) is 13.0. The Morgan fingerprint density at radius 2 is 0.973 bits per heavy atom. The molecule has 7 aromatic rings. The van der Waals surface area contributed by atoms with Gasteiger partial charge in [0.1, 0.15) is 0 Å². The van der Waals surface area contributed by atoms with Crippen LogP contribution in [0.5, 0.6) is 0 Å². The lowest BCUT2D eigenvalue weighted by Crippen LogP contribution is -2.00. The second kappa shape index (κ2) is 9.08. The Balaban J connectivity index is 1.44. The van der Waals surface area contributed by atoms with E-state index in [0.717, 1.165) is 16.7 Å². The van der Waals surface area contributed by atoms with E-state index in [1.54, 1.807) is 11.3 Å². The molecule has 0 unspecified atom stereocenters. The molecule has 0 atom stereocenters. The fourth-order valence-electron chi connectivity index (χ4n) is 4.71. The molecule has 0 N–H and O–H groups in total. The van der Waals surface area contributed by atoms with Gasteiger partial charge in [-0.2, -0.15) is 0 Å². The summed E-state index contributed by atoms with van der Waals surface area (Å²) in [6.07, 6.45) is 0. The van der Waals surface area contributed by atoms with E-state index >= 15 is 0 Å². The maximum atomic E-state index is 4.97. The predicted molar refractivity (Wildman–Crippen MR) is 154 cm³/mol. The zero-order valence-electron chi connectivity index (χ0n) is 19.9. The third kappa shape index (κ3) is 3.98. The van der Waals surface area contributed by atoms with Crippen LogP contribution in [0.15, 0.2) is 127 Å². The maximum Gasteiger partial charge on any atom is 0.165 e. The summed E-state index contributed by atoms with van der Waals surface area (Å²) in [7, 11) is 0. The van der Waals surface area contributed by atoms with Crippen molar-refractivity contribution in [3.8, 4) is 45.3 Å². The van der Waals surface area contributed by atoms with E-state index in [-0.39, 0.29) is 0 Å². The van der Waals surface area contributed by atoms with Gasteiger partial charge >= 0.3 is 0 Å². The van der Waals surface area contributed by atoms with Gasteiger partial charge in [0.25, 0.3) is 0 Å². The minimum Gasteiger partial charge on any atom is -0.208 e. The highest BCUT2D eigenvalue weighted by Gasteiger charge is 2.16. The number of hydrogen-bond acceptors (Lipinski definition) is 4. The van der Waals surface area contributed by atoms with Crippen molar-refractivity contribution in [3.05, 3.63) is 127 Å². The highest BCUT2D eigenvalue weighted by atomic mass is 32.1. The van der Waals surface area contributed by atoms with Gasteiger partial charge in [-0.1, -0.05) is 109 Å². The number of rotatable bonds is 4. The van der Waals surface area contributed by atoms with Crippen LogP contribution in [-0.2, 0) is 0 Å². The molecule has 0 aliphatic rings. The standard InChI is InChI=1S/C33H21N3S/c1-4-11-22(12-5-1)25-19-20-29-28(21-25)26-17-10-18-27(30(26)37-29)33-35-31(23-13-6-2-7-14-23)34-32(36-33)24-15-8-3-9-16-24/h1-21H. The second-order valence-corrected chi connectivity index (χ2v) is 9.95. The lowest BCUT2D eigenvalue weighted by molar-refractivity contribution is 1.08. The number of thiophene rings is 1. The van der Waals surface area contributed by atoms with Crippen LogP contribution in [0.2, 0.25) is 0 Å². The topological polar surface area (TPSA) is 38.7 Å². The molecule has 2 aromatic heterocycles. The van der Waals surface area contributed by atoms with Crippen molar-refractivity contribution >= 4 is 31.5 Å². The predicted octanol–water partition coefficient (Wildman–Crippen LogP) is 8.91. The first-order valence-electron chi connectivity index (χ1n) is 12.2. The quantitative estimate of drug-likeness (QED) is 0.247. The largest absolute Gasteiger partial charge is 0.208 e. The number of benzene rings is 5. The number of fused-ring (bicyclic) bond motifs is 3. The molecule has 0 fully saturated rings. The third-order valence-electron chi connectivity index (χ3n) is 6.54. The van der Waals surface area contributed by atoms with Crippen molar-refractivity contribution in [3.63, 3.8) is 0 Å². The lowest BCUT2D eigenvalue weighted by Gasteiger charge is -2.09. The Labute approximate surface area is 218 Å². The monoisotopic (exact) mass is 491 g/mol. The molecule has 0 aliphatic heterocycles. The smallest absolute Gasteiger partial charge is 0.165 e. The van der Waals surface area contributed by atoms with Crippen molar-refractivity contribution in [1.82, 2.24) is 15.0 Å². The summed E-state index contributed by atoms with van der Waals surface area (Å²) in [5, 5.41) is 2.47. The van der Waals surface area contributed by atoms with Crippen LogP contribution in [0.25, 0.3) is 65.5 Å². The molecule has 0 bridgehead atoms. The number of aromatic nitrogens is 3. The summed E-state index contributed by atoms with van der Waals surface area (Å²) in [6, 6.07) is 43.9. The molecule has 4 heteroatoms. The Hall–Kier alpha value is -4.67. The molecule has 5 aromatic carbocycles. The van der Waals surface area contributed by atoms with Crippen molar-refractivity contribution < 1.29 is 0 Å². The van der Waals surface area contributed by atoms with E-state index in [1.165, 1.54) is 31.3 Å². The van der Waals surface area contributed by atoms with Crippen LogP contribution >= 0.6 is 11.3 Å². The summed E-state index contributed by atoms with van der Waals surface area (Å²) >= 11 is 1.79. The lowest BCUT2D eigenvalue weighted by atomic mass is 10.0. The van der Waals surface area contributed by atoms with Crippen LogP contribution in [0.4, 0.5) is 0 Å². The molecule has 174 valence electrons. The van der Waals surface area contributed by atoms with Gasteiger partial charge in [0.05, 0.1) is 0 Å². The molecule has 0 saturated carbocycles. The van der Waals surface area contributed by atoms with Gasteiger partial charge in [-0.25, -0.2) is 15.0 Å². The van der Waals surface area contributed by atoms with Gasteiger partial charge in [0, 0.05) is 36.9 Å². The zero-order valence-corrected chi connectivity index (χ0v) is 20.7. The summed E-state index contributed by atoms with van der Waals surface area (Å²) < 4.78 is 2.44. The molecular formula is C33H21N3S. The molecule has 0 amide bonds. The minimum atomic E-state index is 0.675. The van der Waals surface area contributed by atoms with Crippen LogP contribution in [0, 0.1) is 0 Å². The molecule has 7 rings (SSSR count). The molecule has 37 heavy (non-hydrogen) atoms. The highest BCUT2D eigenvalue weighted by Crippen LogP contribution is 2.41. The Morgan fingerprint density at radius 1 is 0.405 bits per heavy atom. The molecular weight excluding hydrogens is 470 g/mol. The van der Waals surface area contributed by atoms with E-state index in [0.29, 0.717) is 17.5 Å². The van der Waals surface area contributed by atoms with Gasteiger partial charge in [-0.05, 0) is 29.3 Å². The molecule has 0 aliphatic carbocycles. The molecule has 0 saturated heterocycles. The Kier molecular flexibility index (Phi) is 5.30. The third-order valence-corrected chi connectivity index (χ3v) is 7.76. The average Bonchev–Trinajstić information content (AvgIpc) is 3.36. The van der Waals surface area contributed by atoms with Gasteiger partial charge < -0.3 is 0 Å². The molecule has 3 nitrogen and oxygen atoms in total. The van der Waals surface area contributed by atoms with Crippen molar-refractivity contribution in [2.75, 3.05) is 0 Å². The maximum absolute atomic E-state index is 4.97. The van der Waals surface area contributed by atoms with Crippen molar-refractivity contribution in [2.45, 2.75) is 0 Å². The van der Waals surface area contributed by atoms with Crippen LogP contribution < -0.4 is 0 Å². The molecule has 0 spiro atoms. The van der Waals surface area contributed by atoms with E-state index in [4.69, 9.17) is 15.0 Å². The fourth-order valence-corrected chi connectivity index (χ4v) is 5.91. The van der Waals surface area contributed by atoms with Crippen molar-refractivity contribution in [1.29, 1.82) is 0 Å². The second-order valence-electron chi connectivity index (χ2n) is 8.90. The Morgan fingerprint density at radius 3 is 1.59 bits per heavy atom. The van der Waals surface area contributed by atoms with E-state index in [2.05, 4.69) is 66.7 Å². The SMILES string of the molecule is c1ccc(-c2ccc3sc4c(-c5nc(-c6ccccc6)nc(-c6ccccc6)n5)cccc4c3c2)cc1. The van der Waals surface area contributed by atoms with Gasteiger partial charge in [-0.15, -0.1) is 11.3 Å². The normalized spacial score (nSPS) is 11.2. The first-order chi connectivity index (χ1) is 18.3. The number of nitrogens with zero attached hydrogens (tertiary/aromatic N) is 3. The number of hydrogen-bond donors (Lipinski definition) is 0. The highest BCUT2D eigenvalue weighted by molar-refractivity contribution is 7.26. The molecule has 2 heterocycles. The van der Waals surface area contributed by atoms with Crippen LogP contribution in [0.1, 0.15) is 0 Å². The van der Waals surface area contributed by atoms with E-state index in [1.807, 2.05) is 60.7 Å². The average molecular weight is 492 g/mol. The van der Waals surface area contributed by atoms with E-state index < -0.39 is 0 Å². The van der Waals surface area contributed by atoms with Crippen LogP contribution in [0.3, 0.4) is 0 Å². The van der Waals surface area contributed by atoms with Gasteiger partial charge in [0.15, 0.2) is 17.5 Å². The van der Waals surface area contributed by atoms with Crippen LogP contribution in [-0.4, -0.2) is 15.0 Å². The Bertz CT molecular complexity index is 1800. The zero-order chi connectivity index (χ0) is 24.6. The fraction of sp³-hybridized carbons (Fsp3) is 0. The first kappa shape index (κ1) is 21.6. The van der Waals surface area contributed by atoms with Crippen molar-refractivity contribution in [2.24, 2.45) is 0 Å². The summed E-state index contributed by atoms with van der Waals surface area (Å²) in [5.74, 6) is 2.04. The van der Waals surface area contributed by atoms with Gasteiger partial charge in [0.2, 0.25) is 0 Å². The summed E-state index contributed by atoms with van der Waals surface area (Å²) in [6.45, 7) is 0. The van der Waals surface area contributed by atoms with Gasteiger partial charge in [-0.3, -0.25) is 0 Å².